The molecule has 2 nitrogen and oxygen atoms in total. The molecular formula is C19H32N2. The lowest BCUT2D eigenvalue weighted by atomic mass is 9.81. The molecule has 0 saturated heterocycles. The van der Waals surface area contributed by atoms with Crippen molar-refractivity contribution in [3.05, 3.63) is 35.9 Å². The molecule has 0 spiro atoms. The molecule has 0 aromatic heterocycles. The van der Waals surface area contributed by atoms with E-state index >= 15 is 0 Å². The standard InChI is InChI=1S/C19H32N2/c1-5-13-21(18-11-12-18)15-19(4,14-20-16(2)3)17-9-7-6-8-10-17/h6-10,16,18,20H,5,11-15H2,1-4H3. The molecule has 21 heavy (non-hydrogen) atoms. The Bertz CT molecular complexity index is 411. The maximum absolute atomic E-state index is 3.66. The van der Waals surface area contributed by atoms with E-state index in [1.54, 1.807) is 0 Å². The van der Waals surface area contributed by atoms with Gasteiger partial charge < -0.3 is 5.32 Å². The number of nitrogens with zero attached hydrogens (tertiary/aromatic N) is 1. The van der Waals surface area contributed by atoms with Crippen LogP contribution in [0.1, 0.15) is 52.5 Å². The quantitative estimate of drug-likeness (QED) is 0.743. The Hall–Kier alpha value is -0.860. The molecule has 1 aromatic rings. The van der Waals surface area contributed by atoms with Crippen molar-refractivity contribution in [2.24, 2.45) is 0 Å². The van der Waals surface area contributed by atoms with E-state index in [0.29, 0.717) is 6.04 Å². The molecule has 2 heteroatoms. The van der Waals surface area contributed by atoms with Crippen LogP contribution in [0.5, 0.6) is 0 Å². The maximum Gasteiger partial charge on any atom is 0.0177 e. The summed E-state index contributed by atoms with van der Waals surface area (Å²) in [4.78, 5) is 2.72. The second-order valence-corrected chi connectivity index (χ2v) is 7.16. The molecule has 2 rings (SSSR count). The molecule has 0 radical (unpaired) electrons. The van der Waals surface area contributed by atoms with Crippen molar-refractivity contribution in [3.8, 4) is 0 Å². The van der Waals surface area contributed by atoms with Crippen molar-refractivity contribution >= 4 is 0 Å². The molecule has 1 atom stereocenters. The minimum atomic E-state index is 0.184. The van der Waals surface area contributed by atoms with Gasteiger partial charge in [0.15, 0.2) is 0 Å². The van der Waals surface area contributed by atoms with Crippen LogP contribution in [0.3, 0.4) is 0 Å². The van der Waals surface area contributed by atoms with Gasteiger partial charge in [-0.05, 0) is 31.4 Å². The highest BCUT2D eigenvalue weighted by atomic mass is 15.2. The summed E-state index contributed by atoms with van der Waals surface area (Å²) in [7, 11) is 0. The highest BCUT2D eigenvalue weighted by Gasteiger charge is 2.35. The van der Waals surface area contributed by atoms with Crippen molar-refractivity contribution in [3.63, 3.8) is 0 Å². The summed E-state index contributed by atoms with van der Waals surface area (Å²) in [5.74, 6) is 0. The van der Waals surface area contributed by atoms with E-state index in [9.17, 15) is 0 Å². The average molecular weight is 288 g/mol. The van der Waals surface area contributed by atoms with Crippen molar-refractivity contribution < 1.29 is 0 Å². The summed E-state index contributed by atoms with van der Waals surface area (Å²) in [5, 5.41) is 3.66. The summed E-state index contributed by atoms with van der Waals surface area (Å²) in [5.41, 5.74) is 1.64. The van der Waals surface area contributed by atoms with Gasteiger partial charge >= 0.3 is 0 Å². The molecule has 1 aromatic carbocycles. The van der Waals surface area contributed by atoms with Crippen LogP contribution in [0.4, 0.5) is 0 Å². The molecular weight excluding hydrogens is 256 g/mol. The van der Waals surface area contributed by atoms with Crippen molar-refractivity contribution in [2.45, 2.75) is 64.5 Å². The topological polar surface area (TPSA) is 15.3 Å². The second-order valence-electron chi connectivity index (χ2n) is 7.16. The van der Waals surface area contributed by atoms with Crippen molar-refractivity contribution in [1.29, 1.82) is 0 Å². The number of hydrogen-bond donors (Lipinski definition) is 1. The molecule has 1 N–H and O–H groups in total. The van der Waals surface area contributed by atoms with E-state index < -0.39 is 0 Å². The van der Waals surface area contributed by atoms with Crippen LogP contribution in [0.15, 0.2) is 30.3 Å². The van der Waals surface area contributed by atoms with Gasteiger partial charge in [0.25, 0.3) is 0 Å². The van der Waals surface area contributed by atoms with E-state index in [1.807, 2.05) is 0 Å². The fourth-order valence-electron chi connectivity index (χ4n) is 3.09. The maximum atomic E-state index is 3.66. The predicted molar refractivity (Wildman–Crippen MR) is 91.8 cm³/mol. The van der Waals surface area contributed by atoms with Crippen LogP contribution in [-0.2, 0) is 5.41 Å². The smallest absolute Gasteiger partial charge is 0.0177 e. The zero-order valence-electron chi connectivity index (χ0n) is 14.2. The minimum absolute atomic E-state index is 0.184. The highest BCUT2D eigenvalue weighted by molar-refractivity contribution is 5.26. The first-order valence-electron chi connectivity index (χ1n) is 8.58. The molecule has 118 valence electrons. The number of benzene rings is 1. The largest absolute Gasteiger partial charge is 0.314 e. The van der Waals surface area contributed by atoms with Crippen LogP contribution in [0.2, 0.25) is 0 Å². The van der Waals surface area contributed by atoms with Gasteiger partial charge in [-0.3, -0.25) is 4.90 Å². The van der Waals surface area contributed by atoms with E-state index in [4.69, 9.17) is 0 Å². The van der Waals surface area contributed by atoms with E-state index in [-0.39, 0.29) is 5.41 Å². The Kier molecular flexibility index (Phi) is 5.83. The number of hydrogen-bond acceptors (Lipinski definition) is 2. The Balaban J connectivity index is 2.14. The lowest BCUT2D eigenvalue weighted by Crippen LogP contribution is -2.47. The van der Waals surface area contributed by atoms with Crippen LogP contribution < -0.4 is 5.32 Å². The molecule has 1 saturated carbocycles. The van der Waals surface area contributed by atoms with E-state index in [0.717, 1.165) is 19.1 Å². The monoisotopic (exact) mass is 288 g/mol. The zero-order valence-corrected chi connectivity index (χ0v) is 14.2. The fraction of sp³-hybridized carbons (Fsp3) is 0.684. The lowest BCUT2D eigenvalue weighted by Gasteiger charge is -2.37. The van der Waals surface area contributed by atoms with Crippen LogP contribution in [0, 0.1) is 0 Å². The van der Waals surface area contributed by atoms with Crippen molar-refractivity contribution in [1.82, 2.24) is 10.2 Å². The van der Waals surface area contributed by atoms with Crippen LogP contribution in [0.25, 0.3) is 0 Å². The van der Waals surface area contributed by atoms with E-state index in [2.05, 4.69) is 68.2 Å². The third-order valence-electron chi connectivity index (χ3n) is 4.50. The summed E-state index contributed by atoms with van der Waals surface area (Å²) in [6.07, 6.45) is 4.03. The van der Waals surface area contributed by atoms with Gasteiger partial charge in [0.1, 0.15) is 0 Å². The zero-order chi connectivity index (χ0) is 15.3. The highest BCUT2D eigenvalue weighted by Crippen LogP contribution is 2.32. The molecule has 1 aliphatic rings. The van der Waals surface area contributed by atoms with Gasteiger partial charge in [0.05, 0.1) is 0 Å². The average Bonchev–Trinajstić information content (AvgIpc) is 3.30. The lowest BCUT2D eigenvalue weighted by molar-refractivity contribution is 0.200. The number of rotatable bonds is 9. The molecule has 0 amide bonds. The van der Waals surface area contributed by atoms with Gasteiger partial charge in [0, 0.05) is 30.6 Å². The second kappa shape index (κ2) is 7.42. The fourth-order valence-corrected chi connectivity index (χ4v) is 3.09. The van der Waals surface area contributed by atoms with Crippen molar-refractivity contribution in [2.75, 3.05) is 19.6 Å². The van der Waals surface area contributed by atoms with E-state index in [1.165, 1.54) is 31.4 Å². The van der Waals surface area contributed by atoms with Gasteiger partial charge in [-0.1, -0.05) is 58.0 Å². The minimum Gasteiger partial charge on any atom is -0.314 e. The first-order chi connectivity index (χ1) is 10.0. The third-order valence-corrected chi connectivity index (χ3v) is 4.50. The Labute approximate surface area is 130 Å². The van der Waals surface area contributed by atoms with Crippen LogP contribution >= 0.6 is 0 Å². The SMILES string of the molecule is CCCN(CC(C)(CNC(C)C)c1ccccc1)C1CC1. The Morgan fingerprint density at radius 2 is 1.90 bits per heavy atom. The van der Waals surface area contributed by atoms with Gasteiger partial charge in [-0.25, -0.2) is 0 Å². The predicted octanol–water partition coefficient (Wildman–Crippen LogP) is 3.82. The van der Waals surface area contributed by atoms with Gasteiger partial charge in [0.2, 0.25) is 0 Å². The summed E-state index contributed by atoms with van der Waals surface area (Å²) in [6.45, 7) is 12.6. The number of nitrogens with one attached hydrogen (secondary N) is 1. The summed E-state index contributed by atoms with van der Waals surface area (Å²) >= 11 is 0. The first-order valence-corrected chi connectivity index (χ1v) is 8.58. The first kappa shape index (κ1) is 16.5. The van der Waals surface area contributed by atoms with Crippen LogP contribution in [-0.4, -0.2) is 36.6 Å². The Morgan fingerprint density at radius 1 is 1.24 bits per heavy atom. The van der Waals surface area contributed by atoms with Gasteiger partial charge in [-0.15, -0.1) is 0 Å². The molecule has 0 heterocycles. The third kappa shape index (κ3) is 4.82. The molecule has 0 aliphatic heterocycles. The molecule has 1 unspecified atom stereocenters. The molecule has 0 bridgehead atoms. The molecule has 1 fully saturated rings. The summed E-state index contributed by atoms with van der Waals surface area (Å²) < 4.78 is 0. The van der Waals surface area contributed by atoms with Gasteiger partial charge in [-0.2, -0.15) is 0 Å². The Morgan fingerprint density at radius 3 is 2.43 bits per heavy atom. The normalized spacial score (nSPS) is 18.2. The summed E-state index contributed by atoms with van der Waals surface area (Å²) in [6, 6.07) is 12.4. The molecule has 1 aliphatic carbocycles.